The van der Waals surface area contributed by atoms with Gasteiger partial charge in [-0.15, -0.1) is 0 Å². The van der Waals surface area contributed by atoms with E-state index in [1.165, 1.54) is 16.6 Å². The van der Waals surface area contributed by atoms with Crippen LogP contribution in [0.25, 0.3) is 11.0 Å². The number of imidazole rings is 1. The summed E-state index contributed by atoms with van der Waals surface area (Å²) >= 11 is 6.04. The van der Waals surface area contributed by atoms with Crippen LogP contribution in [0.5, 0.6) is 5.75 Å². The van der Waals surface area contributed by atoms with Crippen LogP contribution < -0.4 is 4.74 Å². The molecule has 0 amide bonds. The van der Waals surface area contributed by atoms with Crippen molar-refractivity contribution in [1.82, 2.24) is 9.55 Å². The van der Waals surface area contributed by atoms with Crippen molar-refractivity contribution in [3.05, 3.63) is 94.8 Å². The minimum absolute atomic E-state index is 0.586. The third-order valence-electron chi connectivity index (χ3n) is 5.87. The molecule has 1 aromatic heterocycles. The van der Waals surface area contributed by atoms with Gasteiger partial charge in [-0.25, -0.2) is 4.98 Å². The van der Waals surface area contributed by atoms with Crippen molar-refractivity contribution < 1.29 is 4.74 Å². The molecule has 0 radical (unpaired) electrons. The van der Waals surface area contributed by atoms with E-state index >= 15 is 0 Å². The lowest BCUT2D eigenvalue weighted by atomic mass is 9.99. The largest absolute Gasteiger partial charge is 0.494 e. The van der Waals surface area contributed by atoms with E-state index in [4.69, 9.17) is 21.3 Å². The standard InChI is InChI=1S/C27H29ClN2O/c1-3-20(2)22-11-15-24(16-12-22)31-18-6-17-30-26-8-5-4-7-25(26)29-27(30)19-21-9-13-23(28)14-10-21/h4-5,7-16,20H,3,6,17-19H2,1-2H3. The van der Waals surface area contributed by atoms with Gasteiger partial charge in [-0.1, -0.05) is 61.8 Å². The lowest BCUT2D eigenvalue weighted by Gasteiger charge is -2.12. The maximum Gasteiger partial charge on any atom is 0.119 e. The molecule has 1 unspecified atom stereocenters. The predicted molar refractivity (Wildman–Crippen MR) is 129 cm³/mol. The number of aromatic nitrogens is 2. The van der Waals surface area contributed by atoms with Gasteiger partial charge in [-0.3, -0.25) is 0 Å². The molecule has 3 nitrogen and oxygen atoms in total. The minimum Gasteiger partial charge on any atom is -0.494 e. The highest BCUT2D eigenvalue weighted by molar-refractivity contribution is 6.30. The molecule has 3 aromatic carbocycles. The average Bonchev–Trinajstić information content (AvgIpc) is 3.15. The number of halogens is 1. The average molecular weight is 433 g/mol. The third-order valence-corrected chi connectivity index (χ3v) is 6.12. The first kappa shape index (κ1) is 21.5. The first-order chi connectivity index (χ1) is 15.1. The zero-order valence-electron chi connectivity index (χ0n) is 18.2. The molecule has 4 rings (SSSR count). The van der Waals surface area contributed by atoms with Gasteiger partial charge in [0.1, 0.15) is 11.6 Å². The second-order valence-electron chi connectivity index (χ2n) is 8.05. The van der Waals surface area contributed by atoms with Crippen molar-refractivity contribution in [2.45, 2.75) is 45.6 Å². The summed E-state index contributed by atoms with van der Waals surface area (Å²) in [5, 5.41) is 0.756. The molecule has 0 fully saturated rings. The SMILES string of the molecule is CCC(C)c1ccc(OCCCn2c(Cc3ccc(Cl)cc3)nc3ccccc32)cc1. The van der Waals surface area contributed by atoms with Gasteiger partial charge < -0.3 is 9.30 Å². The summed E-state index contributed by atoms with van der Waals surface area (Å²) in [6.45, 7) is 6.02. The maximum absolute atomic E-state index is 6.04. The molecule has 1 heterocycles. The molecule has 0 aliphatic rings. The molecule has 0 saturated heterocycles. The monoisotopic (exact) mass is 432 g/mol. The Morgan fingerprint density at radius 2 is 1.71 bits per heavy atom. The van der Waals surface area contributed by atoms with E-state index in [9.17, 15) is 0 Å². The van der Waals surface area contributed by atoms with Crippen LogP contribution in [0.1, 0.15) is 49.6 Å². The summed E-state index contributed by atoms with van der Waals surface area (Å²) in [7, 11) is 0. The van der Waals surface area contributed by atoms with Gasteiger partial charge in [-0.2, -0.15) is 0 Å². The van der Waals surface area contributed by atoms with Crippen LogP contribution in [0.4, 0.5) is 0 Å². The van der Waals surface area contributed by atoms with Gasteiger partial charge in [0.15, 0.2) is 0 Å². The summed E-state index contributed by atoms with van der Waals surface area (Å²) in [6.07, 6.45) is 2.85. The highest BCUT2D eigenvalue weighted by Crippen LogP contribution is 2.22. The van der Waals surface area contributed by atoms with Crippen LogP contribution in [-0.2, 0) is 13.0 Å². The van der Waals surface area contributed by atoms with Crippen molar-refractivity contribution in [2.24, 2.45) is 0 Å². The Kier molecular flexibility index (Phi) is 6.93. The smallest absolute Gasteiger partial charge is 0.119 e. The van der Waals surface area contributed by atoms with Crippen molar-refractivity contribution in [3.63, 3.8) is 0 Å². The number of aryl methyl sites for hydroxylation is 1. The van der Waals surface area contributed by atoms with E-state index in [0.29, 0.717) is 12.5 Å². The summed E-state index contributed by atoms with van der Waals surface area (Å²) in [5.74, 6) is 2.59. The van der Waals surface area contributed by atoms with E-state index in [0.717, 1.165) is 47.9 Å². The van der Waals surface area contributed by atoms with E-state index in [2.05, 4.69) is 73.0 Å². The molecular weight excluding hydrogens is 404 g/mol. The molecule has 0 bridgehead atoms. The van der Waals surface area contributed by atoms with E-state index in [1.807, 2.05) is 18.2 Å². The summed E-state index contributed by atoms with van der Waals surface area (Å²) in [4.78, 5) is 4.89. The maximum atomic E-state index is 6.04. The molecular formula is C27H29ClN2O. The van der Waals surface area contributed by atoms with Gasteiger partial charge in [0.2, 0.25) is 0 Å². The Morgan fingerprint density at radius 1 is 0.968 bits per heavy atom. The van der Waals surface area contributed by atoms with E-state index in [-0.39, 0.29) is 0 Å². The van der Waals surface area contributed by atoms with Gasteiger partial charge in [-0.05, 0) is 66.3 Å². The zero-order chi connectivity index (χ0) is 21.6. The molecule has 31 heavy (non-hydrogen) atoms. The molecule has 0 N–H and O–H groups in total. The normalized spacial score (nSPS) is 12.2. The summed E-state index contributed by atoms with van der Waals surface area (Å²) in [6, 6.07) is 24.9. The lowest BCUT2D eigenvalue weighted by Crippen LogP contribution is -2.08. The number of hydrogen-bond donors (Lipinski definition) is 0. The van der Waals surface area contributed by atoms with Gasteiger partial charge in [0.25, 0.3) is 0 Å². The van der Waals surface area contributed by atoms with Crippen LogP contribution in [0.15, 0.2) is 72.8 Å². The Balaban J connectivity index is 1.42. The van der Waals surface area contributed by atoms with E-state index < -0.39 is 0 Å². The van der Waals surface area contributed by atoms with Crippen LogP contribution in [0.3, 0.4) is 0 Å². The molecule has 160 valence electrons. The third kappa shape index (κ3) is 5.29. The van der Waals surface area contributed by atoms with Crippen molar-refractivity contribution in [3.8, 4) is 5.75 Å². The number of hydrogen-bond acceptors (Lipinski definition) is 2. The number of ether oxygens (including phenoxy) is 1. The number of para-hydroxylation sites is 2. The number of benzene rings is 3. The predicted octanol–water partition coefficient (Wildman–Crippen LogP) is 7.26. The summed E-state index contributed by atoms with van der Waals surface area (Å²) in [5.41, 5.74) is 4.78. The molecule has 0 spiro atoms. The Morgan fingerprint density at radius 3 is 2.45 bits per heavy atom. The fourth-order valence-corrected chi connectivity index (χ4v) is 3.96. The quantitative estimate of drug-likeness (QED) is 0.260. The second kappa shape index (κ2) is 10.0. The fourth-order valence-electron chi connectivity index (χ4n) is 3.84. The van der Waals surface area contributed by atoms with Crippen LogP contribution in [0, 0.1) is 0 Å². The Bertz CT molecular complexity index is 1120. The second-order valence-corrected chi connectivity index (χ2v) is 8.49. The van der Waals surface area contributed by atoms with Gasteiger partial charge in [0, 0.05) is 18.0 Å². The van der Waals surface area contributed by atoms with Crippen molar-refractivity contribution in [1.29, 1.82) is 0 Å². The molecule has 0 aliphatic carbocycles. The Hall–Kier alpha value is -2.78. The van der Waals surface area contributed by atoms with Gasteiger partial charge >= 0.3 is 0 Å². The van der Waals surface area contributed by atoms with Crippen LogP contribution >= 0.6 is 11.6 Å². The molecule has 1 atom stereocenters. The lowest BCUT2D eigenvalue weighted by molar-refractivity contribution is 0.302. The minimum atomic E-state index is 0.586. The number of rotatable bonds is 9. The topological polar surface area (TPSA) is 27.1 Å². The van der Waals surface area contributed by atoms with Crippen molar-refractivity contribution in [2.75, 3.05) is 6.61 Å². The molecule has 4 heteroatoms. The van der Waals surface area contributed by atoms with Crippen LogP contribution in [0.2, 0.25) is 5.02 Å². The first-order valence-corrected chi connectivity index (χ1v) is 11.4. The number of fused-ring (bicyclic) bond motifs is 1. The highest BCUT2D eigenvalue weighted by Gasteiger charge is 2.11. The fraction of sp³-hybridized carbons (Fsp3) is 0.296. The van der Waals surface area contributed by atoms with E-state index in [1.54, 1.807) is 0 Å². The Labute approximate surface area is 189 Å². The molecule has 0 aliphatic heterocycles. The first-order valence-electron chi connectivity index (χ1n) is 11.1. The van der Waals surface area contributed by atoms with Crippen LogP contribution in [-0.4, -0.2) is 16.2 Å². The van der Waals surface area contributed by atoms with Gasteiger partial charge in [0.05, 0.1) is 17.6 Å². The zero-order valence-corrected chi connectivity index (χ0v) is 19.0. The molecule has 0 saturated carbocycles. The number of nitrogens with zero attached hydrogens (tertiary/aromatic N) is 2. The van der Waals surface area contributed by atoms with Crippen molar-refractivity contribution >= 4 is 22.6 Å². The highest BCUT2D eigenvalue weighted by atomic mass is 35.5. The summed E-state index contributed by atoms with van der Waals surface area (Å²) < 4.78 is 8.33. The molecule has 4 aromatic rings.